The second kappa shape index (κ2) is 6.23. The fraction of sp³-hybridized carbons (Fsp3) is 0.417. The lowest BCUT2D eigenvalue weighted by Crippen LogP contribution is -2.16. The molecule has 0 aliphatic carbocycles. The first-order valence-corrected chi connectivity index (χ1v) is 5.38. The predicted octanol–water partition coefficient (Wildman–Crippen LogP) is 2.14. The fourth-order valence-electron chi connectivity index (χ4n) is 1.27. The molecule has 0 heterocycles. The normalized spacial score (nSPS) is 12.2. The highest BCUT2D eigenvalue weighted by molar-refractivity contribution is 5.90. The van der Waals surface area contributed by atoms with E-state index in [2.05, 4.69) is 5.32 Å². The molecule has 1 amide bonds. The van der Waals surface area contributed by atoms with E-state index in [1.807, 2.05) is 6.92 Å². The molecule has 0 saturated carbocycles. The molecule has 1 unspecified atom stereocenters. The van der Waals surface area contributed by atoms with Crippen molar-refractivity contribution in [2.75, 3.05) is 11.9 Å². The minimum absolute atomic E-state index is 0.176. The van der Waals surface area contributed by atoms with Gasteiger partial charge in [0.25, 0.3) is 0 Å². The van der Waals surface area contributed by atoms with Crippen LogP contribution >= 0.6 is 0 Å². The van der Waals surface area contributed by atoms with Crippen molar-refractivity contribution in [1.29, 1.82) is 0 Å². The first-order chi connectivity index (χ1) is 7.63. The van der Waals surface area contributed by atoms with Crippen LogP contribution in [0.5, 0.6) is 0 Å². The van der Waals surface area contributed by atoms with Gasteiger partial charge < -0.3 is 11.1 Å². The predicted molar refractivity (Wildman–Crippen MR) is 62.5 cm³/mol. The van der Waals surface area contributed by atoms with Crippen molar-refractivity contribution in [3.05, 3.63) is 30.1 Å². The number of anilines is 1. The topological polar surface area (TPSA) is 55.1 Å². The minimum Gasteiger partial charge on any atom is -0.330 e. The van der Waals surface area contributed by atoms with Crippen LogP contribution in [0.15, 0.2) is 24.3 Å². The van der Waals surface area contributed by atoms with Gasteiger partial charge in [0.2, 0.25) is 5.91 Å². The van der Waals surface area contributed by atoms with Crippen molar-refractivity contribution < 1.29 is 9.18 Å². The number of rotatable bonds is 5. The van der Waals surface area contributed by atoms with Crippen molar-refractivity contribution in [2.45, 2.75) is 19.8 Å². The van der Waals surface area contributed by atoms with Gasteiger partial charge in [-0.25, -0.2) is 4.39 Å². The zero-order chi connectivity index (χ0) is 12.0. The van der Waals surface area contributed by atoms with Gasteiger partial charge in [-0.1, -0.05) is 19.1 Å². The van der Waals surface area contributed by atoms with Crippen molar-refractivity contribution in [3.8, 4) is 0 Å². The van der Waals surface area contributed by atoms with E-state index in [9.17, 15) is 9.18 Å². The zero-order valence-electron chi connectivity index (χ0n) is 9.37. The number of para-hydroxylation sites is 1. The molecular weight excluding hydrogens is 207 g/mol. The maximum absolute atomic E-state index is 13.2. The Kier molecular flexibility index (Phi) is 4.92. The molecule has 3 N–H and O–H groups in total. The van der Waals surface area contributed by atoms with Crippen LogP contribution in [0, 0.1) is 11.7 Å². The van der Waals surface area contributed by atoms with Crippen molar-refractivity contribution in [1.82, 2.24) is 0 Å². The van der Waals surface area contributed by atoms with Crippen LogP contribution in [0.1, 0.15) is 19.8 Å². The van der Waals surface area contributed by atoms with E-state index in [4.69, 9.17) is 5.73 Å². The maximum Gasteiger partial charge on any atom is 0.224 e. The largest absolute Gasteiger partial charge is 0.330 e. The zero-order valence-corrected chi connectivity index (χ0v) is 9.37. The fourth-order valence-corrected chi connectivity index (χ4v) is 1.27. The van der Waals surface area contributed by atoms with E-state index in [0.717, 1.165) is 6.42 Å². The number of benzene rings is 1. The number of nitrogens with two attached hydrogens (primary N) is 1. The molecule has 0 aliphatic heterocycles. The number of nitrogens with one attached hydrogen (secondary N) is 1. The molecule has 0 radical (unpaired) electrons. The summed E-state index contributed by atoms with van der Waals surface area (Å²) in [6, 6.07) is 6.13. The third kappa shape index (κ3) is 3.98. The van der Waals surface area contributed by atoms with E-state index in [0.29, 0.717) is 18.9 Å². The average molecular weight is 224 g/mol. The first-order valence-electron chi connectivity index (χ1n) is 5.38. The SMILES string of the molecule is CC(CN)CCC(=O)Nc1ccccc1F. The van der Waals surface area contributed by atoms with Gasteiger partial charge in [-0.05, 0) is 31.0 Å². The van der Waals surface area contributed by atoms with E-state index in [1.54, 1.807) is 18.2 Å². The Bertz CT molecular complexity index is 355. The van der Waals surface area contributed by atoms with Gasteiger partial charge in [0.05, 0.1) is 5.69 Å². The standard InChI is InChI=1S/C12H17FN2O/c1-9(8-14)6-7-12(16)15-11-5-3-2-4-10(11)13/h2-5,9H,6-8,14H2,1H3,(H,15,16). The molecule has 0 aromatic heterocycles. The van der Waals surface area contributed by atoms with Crippen LogP contribution < -0.4 is 11.1 Å². The monoisotopic (exact) mass is 224 g/mol. The van der Waals surface area contributed by atoms with E-state index in [1.165, 1.54) is 6.07 Å². The van der Waals surface area contributed by atoms with Gasteiger partial charge in [-0.3, -0.25) is 4.79 Å². The van der Waals surface area contributed by atoms with Crippen LogP contribution in [0.25, 0.3) is 0 Å². The second-order valence-electron chi connectivity index (χ2n) is 3.91. The average Bonchev–Trinajstić information content (AvgIpc) is 2.29. The summed E-state index contributed by atoms with van der Waals surface area (Å²) in [4.78, 5) is 11.5. The lowest BCUT2D eigenvalue weighted by Gasteiger charge is -2.09. The number of carbonyl (C=O) groups is 1. The molecule has 0 saturated heterocycles. The summed E-state index contributed by atoms with van der Waals surface area (Å²) in [5.41, 5.74) is 5.67. The summed E-state index contributed by atoms with van der Waals surface area (Å²) < 4.78 is 13.2. The first kappa shape index (κ1) is 12.6. The summed E-state index contributed by atoms with van der Waals surface area (Å²) in [6.45, 7) is 2.54. The Balaban J connectivity index is 2.43. The molecule has 0 aliphatic rings. The van der Waals surface area contributed by atoms with Crippen LogP contribution in [0.2, 0.25) is 0 Å². The molecule has 4 heteroatoms. The highest BCUT2D eigenvalue weighted by atomic mass is 19.1. The molecule has 0 spiro atoms. The molecule has 16 heavy (non-hydrogen) atoms. The summed E-state index contributed by atoms with van der Waals surface area (Å²) in [6.07, 6.45) is 1.09. The molecular formula is C12H17FN2O. The number of carbonyl (C=O) groups excluding carboxylic acids is 1. The van der Waals surface area contributed by atoms with Crippen molar-refractivity contribution in [2.24, 2.45) is 11.7 Å². The summed E-state index contributed by atoms with van der Waals surface area (Å²) in [5, 5.41) is 2.53. The molecule has 0 fully saturated rings. The smallest absolute Gasteiger partial charge is 0.224 e. The Morgan fingerprint density at radius 3 is 2.81 bits per heavy atom. The third-order valence-electron chi connectivity index (χ3n) is 2.41. The molecule has 0 bridgehead atoms. The Morgan fingerprint density at radius 1 is 1.50 bits per heavy atom. The van der Waals surface area contributed by atoms with Gasteiger partial charge in [0, 0.05) is 6.42 Å². The molecule has 1 aromatic carbocycles. The summed E-state index contributed by atoms with van der Waals surface area (Å²) in [7, 11) is 0. The van der Waals surface area contributed by atoms with Crippen LogP contribution in [-0.2, 0) is 4.79 Å². The number of halogens is 1. The van der Waals surface area contributed by atoms with E-state index in [-0.39, 0.29) is 11.6 Å². The molecule has 1 rings (SSSR count). The van der Waals surface area contributed by atoms with Crippen molar-refractivity contribution in [3.63, 3.8) is 0 Å². The maximum atomic E-state index is 13.2. The third-order valence-corrected chi connectivity index (χ3v) is 2.41. The number of amides is 1. The second-order valence-corrected chi connectivity index (χ2v) is 3.91. The van der Waals surface area contributed by atoms with E-state index < -0.39 is 5.82 Å². The number of hydrogen-bond acceptors (Lipinski definition) is 2. The quantitative estimate of drug-likeness (QED) is 0.805. The summed E-state index contributed by atoms with van der Waals surface area (Å²) in [5.74, 6) is -0.278. The van der Waals surface area contributed by atoms with Crippen LogP contribution in [-0.4, -0.2) is 12.5 Å². The Morgan fingerprint density at radius 2 is 2.19 bits per heavy atom. The van der Waals surface area contributed by atoms with Gasteiger partial charge in [0.1, 0.15) is 5.82 Å². The Hall–Kier alpha value is -1.42. The Labute approximate surface area is 94.8 Å². The number of hydrogen-bond donors (Lipinski definition) is 2. The highest BCUT2D eigenvalue weighted by Crippen LogP contribution is 2.13. The van der Waals surface area contributed by atoms with Gasteiger partial charge in [0.15, 0.2) is 0 Å². The lowest BCUT2D eigenvalue weighted by atomic mass is 10.1. The van der Waals surface area contributed by atoms with Crippen LogP contribution in [0.4, 0.5) is 10.1 Å². The van der Waals surface area contributed by atoms with Crippen LogP contribution in [0.3, 0.4) is 0 Å². The van der Waals surface area contributed by atoms with Gasteiger partial charge in [-0.15, -0.1) is 0 Å². The molecule has 88 valence electrons. The van der Waals surface area contributed by atoms with Crippen molar-refractivity contribution >= 4 is 11.6 Å². The molecule has 1 atom stereocenters. The molecule has 3 nitrogen and oxygen atoms in total. The lowest BCUT2D eigenvalue weighted by molar-refractivity contribution is -0.116. The molecule has 1 aromatic rings. The summed E-state index contributed by atoms with van der Waals surface area (Å²) >= 11 is 0. The van der Waals surface area contributed by atoms with Gasteiger partial charge in [-0.2, -0.15) is 0 Å². The van der Waals surface area contributed by atoms with E-state index >= 15 is 0 Å². The minimum atomic E-state index is -0.414. The van der Waals surface area contributed by atoms with Gasteiger partial charge >= 0.3 is 0 Å². The highest BCUT2D eigenvalue weighted by Gasteiger charge is 2.07.